The lowest BCUT2D eigenvalue weighted by Crippen LogP contribution is -2.54. The SMILES string of the molecule is CC(C)CC1NC(=O)C(CCCN)CC(=O)C(C(C)C)NCCCCC(=O)C2CCCN2C(=O)C(Cc2ccccc2)CC(=O)C(CC(C)C)NC(=O)C(CCCN)CC(=O)C(C(C)C)NC(=O)C2CCCN2C(=O)C(Cc2ccccc2)CC1=O. The summed E-state index contributed by atoms with van der Waals surface area (Å²) in [6.07, 6.45) is 4.78. The summed E-state index contributed by atoms with van der Waals surface area (Å²) in [6.45, 7) is 16.8. The van der Waals surface area contributed by atoms with E-state index in [1.165, 1.54) is 4.90 Å². The van der Waals surface area contributed by atoms with Gasteiger partial charge in [0.2, 0.25) is 29.5 Å². The molecule has 8 N–H and O–H groups in total. The summed E-state index contributed by atoms with van der Waals surface area (Å²) in [5.74, 6) is -7.59. The van der Waals surface area contributed by atoms with E-state index in [9.17, 15) is 43.2 Å². The van der Waals surface area contributed by atoms with Crippen LogP contribution in [0.25, 0.3) is 0 Å². The summed E-state index contributed by atoms with van der Waals surface area (Å²) >= 11 is 0. The molecule has 476 valence electrons. The number of carbonyl (C=O) groups is 10. The van der Waals surface area contributed by atoms with E-state index in [0.29, 0.717) is 70.9 Å². The van der Waals surface area contributed by atoms with E-state index in [4.69, 9.17) is 11.5 Å². The Balaban J connectivity index is 1.52. The molecule has 3 fully saturated rings. The molecule has 0 aliphatic carbocycles. The number of hydrogen-bond acceptors (Lipinski definition) is 13. The number of carbonyl (C=O) groups excluding carboxylic acids is 10. The number of ketones is 5. The predicted molar refractivity (Wildman–Crippen MR) is 334 cm³/mol. The van der Waals surface area contributed by atoms with Crippen LogP contribution in [0.4, 0.5) is 0 Å². The smallest absolute Gasteiger partial charge is 0.243 e. The molecule has 18 heteroatoms. The third-order valence-electron chi connectivity index (χ3n) is 17.5. The number of hydrogen-bond donors (Lipinski definition) is 6. The molecule has 5 amide bonds. The van der Waals surface area contributed by atoms with Gasteiger partial charge in [-0.15, -0.1) is 0 Å². The van der Waals surface area contributed by atoms with Crippen LogP contribution in [0.15, 0.2) is 60.7 Å². The number of Topliss-reactive ketones (excluding diaryl/α,β-unsaturated/α-hetero) is 5. The van der Waals surface area contributed by atoms with Gasteiger partial charge in [0.05, 0.1) is 30.2 Å². The average molecular weight is 1190 g/mol. The van der Waals surface area contributed by atoms with Crippen molar-refractivity contribution >= 4 is 58.5 Å². The van der Waals surface area contributed by atoms with E-state index >= 15 is 4.79 Å². The fraction of sp³-hybridized carbons (Fsp3) is 0.676. The fourth-order valence-electron chi connectivity index (χ4n) is 12.8. The van der Waals surface area contributed by atoms with Crippen LogP contribution in [0.2, 0.25) is 0 Å². The zero-order valence-corrected chi connectivity index (χ0v) is 53.0. The van der Waals surface area contributed by atoms with Gasteiger partial charge in [0.15, 0.2) is 28.9 Å². The van der Waals surface area contributed by atoms with Crippen LogP contribution < -0.4 is 32.7 Å². The molecule has 3 saturated heterocycles. The molecule has 0 aromatic heterocycles. The van der Waals surface area contributed by atoms with E-state index in [1.807, 2.05) is 102 Å². The second kappa shape index (κ2) is 35.7. The van der Waals surface area contributed by atoms with Crippen LogP contribution in [0.1, 0.15) is 176 Å². The maximum atomic E-state index is 15.0. The van der Waals surface area contributed by atoms with Crippen LogP contribution >= 0.6 is 0 Å². The predicted octanol–water partition coefficient (Wildman–Crippen LogP) is 6.80. The van der Waals surface area contributed by atoms with Crippen LogP contribution in [-0.4, -0.2) is 137 Å². The zero-order valence-electron chi connectivity index (χ0n) is 53.0. The van der Waals surface area contributed by atoms with Gasteiger partial charge in [-0.2, -0.15) is 0 Å². The molecule has 0 spiro atoms. The Bertz CT molecular complexity index is 2560. The van der Waals surface area contributed by atoms with Gasteiger partial charge in [-0.3, -0.25) is 47.9 Å². The van der Waals surface area contributed by atoms with Crippen molar-refractivity contribution in [2.24, 2.45) is 58.8 Å². The highest BCUT2D eigenvalue weighted by molar-refractivity contribution is 5.99. The van der Waals surface area contributed by atoms with Gasteiger partial charge in [-0.1, -0.05) is 116 Å². The Morgan fingerprint density at radius 2 is 0.884 bits per heavy atom. The third kappa shape index (κ3) is 21.7. The second-order valence-electron chi connectivity index (χ2n) is 26.3. The minimum Gasteiger partial charge on any atom is -0.346 e. The molecular weight excluding hydrogens is 1090 g/mol. The van der Waals surface area contributed by atoms with Crippen molar-refractivity contribution in [2.45, 2.75) is 214 Å². The Kier molecular flexibility index (Phi) is 29.4. The summed E-state index contributed by atoms with van der Waals surface area (Å²) in [4.78, 5) is 149. The Morgan fingerprint density at radius 3 is 1.31 bits per heavy atom. The van der Waals surface area contributed by atoms with Gasteiger partial charge in [-0.25, -0.2) is 0 Å². The van der Waals surface area contributed by atoms with Crippen molar-refractivity contribution in [1.82, 2.24) is 31.1 Å². The van der Waals surface area contributed by atoms with Gasteiger partial charge in [0.1, 0.15) is 6.04 Å². The largest absolute Gasteiger partial charge is 0.346 e. The Morgan fingerprint density at radius 1 is 0.465 bits per heavy atom. The summed E-state index contributed by atoms with van der Waals surface area (Å²) in [7, 11) is 0. The standard InChI is InChI=1S/C68H104N8O10/c1-43(2)35-53-58(78)41-51(37-47-21-11-9-12-22-47)67(85)75-33-19-27-55(75)57(77)29-15-16-32-71-62(45(5)6)60(80)39-49(25-17-30-69)64(82)72-54(36-44(3)4)59(79)42-52(38-48-23-13-10-14-24-48)68(86)76-34-20-28-56(76)66(84)74-63(46(7)8)61(81)40-50(26-18-31-70)65(83)73-53/h9-14,21-24,43-46,49-56,62-63,71H,15-20,25-42,69-70H2,1-8H3,(H,72,82)(H,73,83)(H,74,84). The van der Waals surface area contributed by atoms with Gasteiger partial charge in [-0.05, 0) is 144 Å². The number of nitrogens with one attached hydrogen (secondary N) is 4. The minimum atomic E-state index is -1.05. The Hall–Kier alpha value is -5.98. The molecule has 18 nitrogen and oxygen atoms in total. The monoisotopic (exact) mass is 1190 g/mol. The van der Waals surface area contributed by atoms with Crippen LogP contribution in [0.3, 0.4) is 0 Å². The van der Waals surface area contributed by atoms with Crippen LogP contribution in [0.5, 0.6) is 0 Å². The molecule has 10 unspecified atom stereocenters. The van der Waals surface area contributed by atoms with Crippen molar-refractivity contribution in [3.63, 3.8) is 0 Å². The van der Waals surface area contributed by atoms with E-state index < -0.39 is 95.3 Å². The summed E-state index contributed by atoms with van der Waals surface area (Å²) < 4.78 is 0. The number of nitrogens with two attached hydrogens (primary N) is 2. The topological polar surface area (TPSA) is 277 Å². The normalized spacial score (nSPS) is 26.9. The maximum absolute atomic E-state index is 15.0. The van der Waals surface area contributed by atoms with Crippen molar-refractivity contribution in [3.05, 3.63) is 71.8 Å². The second-order valence-corrected chi connectivity index (χ2v) is 26.3. The molecule has 3 aliphatic heterocycles. The first-order chi connectivity index (χ1) is 41.0. The van der Waals surface area contributed by atoms with Crippen LogP contribution in [-0.2, 0) is 60.8 Å². The molecule has 10 atom stereocenters. The summed E-state index contributed by atoms with van der Waals surface area (Å²) in [6, 6.07) is 13.5. The highest BCUT2D eigenvalue weighted by Crippen LogP contribution is 2.29. The van der Waals surface area contributed by atoms with Gasteiger partial charge in [0.25, 0.3) is 0 Å². The van der Waals surface area contributed by atoms with Gasteiger partial charge in [0, 0.05) is 68.9 Å². The lowest BCUT2D eigenvalue weighted by atomic mass is 9.86. The molecule has 2 aromatic carbocycles. The first-order valence-electron chi connectivity index (χ1n) is 32.4. The first-order valence-corrected chi connectivity index (χ1v) is 32.4. The quantitative estimate of drug-likeness (QED) is 0.101. The third-order valence-corrected chi connectivity index (χ3v) is 17.5. The Labute approximate surface area is 512 Å². The van der Waals surface area contributed by atoms with Gasteiger partial charge >= 0.3 is 0 Å². The highest BCUT2D eigenvalue weighted by Gasteiger charge is 2.43. The number of fused-ring (bicyclic) bond motifs is 2. The van der Waals surface area contributed by atoms with Crippen molar-refractivity contribution in [3.8, 4) is 0 Å². The summed E-state index contributed by atoms with van der Waals surface area (Å²) in [5, 5.41) is 12.4. The number of amides is 5. The molecule has 0 saturated carbocycles. The molecule has 0 radical (unpaired) electrons. The number of rotatable bonds is 16. The molecule has 3 aliphatic rings. The van der Waals surface area contributed by atoms with Gasteiger partial charge < -0.3 is 42.5 Å². The average Bonchev–Trinajstić information content (AvgIpc) is 3.88. The molecule has 5 rings (SSSR count). The van der Waals surface area contributed by atoms with E-state index in [-0.39, 0.29) is 131 Å². The van der Waals surface area contributed by atoms with Crippen LogP contribution in [0, 0.1) is 47.3 Å². The zero-order chi connectivity index (χ0) is 63.0. The van der Waals surface area contributed by atoms with E-state index in [1.54, 1.807) is 18.7 Å². The fourth-order valence-corrected chi connectivity index (χ4v) is 12.8. The molecular formula is C68H104N8O10. The first kappa shape index (κ1) is 70.8. The van der Waals surface area contributed by atoms with Crippen molar-refractivity contribution in [1.29, 1.82) is 0 Å². The molecule has 3 heterocycles. The highest BCUT2D eigenvalue weighted by atomic mass is 16.2. The minimum absolute atomic E-state index is 0.0382. The maximum Gasteiger partial charge on any atom is 0.243 e. The number of nitrogens with zero attached hydrogens (tertiary/aromatic N) is 2. The lowest BCUT2D eigenvalue weighted by molar-refractivity contribution is -0.144. The number of benzene rings is 2. The summed E-state index contributed by atoms with van der Waals surface area (Å²) in [5.41, 5.74) is 13.6. The van der Waals surface area contributed by atoms with E-state index in [2.05, 4.69) is 21.3 Å². The molecule has 0 bridgehead atoms. The van der Waals surface area contributed by atoms with Crippen molar-refractivity contribution in [2.75, 3.05) is 32.7 Å². The lowest BCUT2D eigenvalue weighted by Gasteiger charge is -2.31. The van der Waals surface area contributed by atoms with E-state index in [0.717, 1.165) is 11.1 Å². The molecule has 2 aromatic rings. The molecule has 86 heavy (non-hydrogen) atoms. The van der Waals surface area contributed by atoms with Crippen molar-refractivity contribution < 1.29 is 47.9 Å².